The summed E-state index contributed by atoms with van der Waals surface area (Å²) in [6, 6.07) is 24.5. The van der Waals surface area contributed by atoms with Crippen LogP contribution < -0.4 is 0 Å². The number of esters is 2. The van der Waals surface area contributed by atoms with Crippen LogP contribution in [0.15, 0.2) is 98.1 Å². The van der Waals surface area contributed by atoms with E-state index in [9.17, 15) is 9.59 Å². The second-order valence-corrected chi connectivity index (χ2v) is 8.48. The molecule has 0 aliphatic heterocycles. The van der Waals surface area contributed by atoms with Gasteiger partial charge in [-0.15, -0.1) is 0 Å². The molecule has 0 fully saturated rings. The quantitative estimate of drug-likeness (QED) is 0.123. The van der Waals surface area contributed by atoms with E-state index in [4.69, 9.17) is 18.9 Å². The molecule has 0 N–H and O–H groups in total. The average Bonchev–Trinajstić information content (AvgIpc) is 3.23. The van der Waals surface area contributed by atoms with Crippen molar-refractivity contribution in [2.75, 3.05) is 26.4 Å². The average molecular weight is 495 g/mol. The Hall–Kier alpha value is -4.26. The van der Waals surface area contributed by atoms with Gasteiger partial charge in [-0.1, -0.05) is 86.0 Å². The molecule has 0 spiro atoms. The molecule has 0 aromatic heterocycles. The van der Waals surface area contributed by atoms with E-state index in [1.807, 2.05) is 48.5 Å². The summed E-state index contributed by atoms with van der Waals surface area (Å²) in [5.41, 5.74) is 3.72. The molecule has 37 heavy (non-hydrogen) atoms. The van der Waals surface area contributed by atoms with Crippen LogP contribution >= 0.6 is 0 Å². The third-order valence-corrected chi connectivity index (χ3v) is 6.42. The zero-order valence-electron chi connectivity index (χ0n) is 20.3. The predicted molar refractivity (Wildman–Crippen MR) is 142 cm³/mol. The van der Waals surface area contributed by atoms with Gasteiger partial charge >= 0.3 is 11.9 Å². The van der Waals surface area contributed by atoms with Gasteiger partial charge in [0.1, 0.15) is 13.2 Å². The summed E-state index contributed by atoms with van der Waals surface area (Å²) >= 11 is 0. The van der Waals surface area contributed by atoms with Gasteiger partial charge in [0.2, 0.25) is 5.79 Å². The first-order valence-corrected chi connectivity index (χ1v) is 12.0. The van der Waals surface area contributed by atoms with Crippen LogP contribution in [0, 0.1) is 0 Å². The lowest BCUT2D eigenvalue weighted by Gasteiger charge is -2.32. The van der Waals surface area contributed by atoms with E-state index >= 15 is 0 Å². The largest absolute Gasteiger partial charge is 0.460 e. The summed E-state index contributed by atoms with van der Waals surface area (Å²) in [4.78, 5) is 23.2. The maximum Gasteiger partial charge on any atom is 0.330 e. The fourth-order valence-electron chi connectivity index (χ4n) is 4.90. The summed E-state index contributed by atoms with van der Waals surface area (Å²) < 4.78 is 23.3. The molecule has 0 unspecified atom stereocenters. The lowest BCUT2D eigenvalue weighted by atomic mass is 9.94. The lowest BCUT2D eigenvalue weighted by Crippen LogP contribution is -2.35. The van der Waals surface area contributed by atoms with Gasteiger partial charge in [-0.2, -0.15) is 0 Å². The highest BCUT2D eigenvalue weighted by Crippen LogP contribution is 2.55. The normalized spacial score (nSPS) is 13.1. The molecule has 6 nitrogen and oxygen atoms in total. The number of carbonyl (C=O) groups is 2. The molecular weight excluding hydrogens is 468 g/mol. The molecule has 0 heterocycles. The second kappa shape index (κ2) is 10.4. The van der Waals surface area contributed by atoms with Crippen molar-refractivity contribution < 1.29 is 28.5 Å². The van der Waals surface area contributed by atoms with Gasteiger partial charge in [0.15, 0.2) is 0 Å². The van der Waals surface area contributed by atoms with Crippen molar-refractivity contribution in [3.8, 4) is 11.1 Å². The number of fused-ring (bicyclic) bond motifs is 7. The van der Waals surface area contributed by atoms with Crippen LogP contribution in [0.4, 0.5) is 0 Å². The van der Waals surface area contributed by atoms with Gasteiger partial charge in [-0.3, -0.25) is 0 Å². The molecule has 0 radical (unpaired) electrons. The first-order chi connectivity index (χ1) is 18.1. The Balaban J connectivity index is 1.66. The standard InChI is InChI=1S/C31H26O6/c1-3-27(32)34-17-19-36-31(37-20-18-35-28(33)4-2)25-15-13-21-9-5-7-11-23(21)29(25)30-24-12-8-6-10-22(24)14-16-26(30)31/h3-16H,1-2,17-20H2. The number of carbonyl (C=O) groups excluding carboxylic acids is 2. The Labute approximate surface area is 214 Å². The molecule has 4 aromatic carbocycles. The van der Waals surface area contributed by atoms with Crippen molar-refractivity contribution in [3.05, 3.63) is 109 Å². The first kappa shape index (κ1) is 24.4. The summed E-state index contributed by atoms with van der Waals surface area (Å²) in [5.74, 6) is -2.36. The van der Waals surface area contributed by atoms with Crippen molar-refractivity contribution in [2.45, 2.75) is 5.79 Å². The summed E-state index contributed by atoms with van der Waals surface area (Å²) in [6.45, 7) is 7.05. The van der Waals surface area contributed by atoms with Crippen LogP contribution in [-0.2, 0) is 34.3 Å². The maximum absolute atomic E-state index is 11.6. The summed E-state index contributed by atoms with van der Waals surface area (Å²) in [5, 5.41) is 4.33. The SMILES string of the molecule is C=CC(=O)OCCOC1(OCCOC(=O)C=C)c2ccc3ccccc3c2-c2c1ccc1ccccc21. The van der Waals surface area contributed by atoms with Crippen LogP contribution in [0.2, 0.25) is 0 Å². The molecule has 5 rings (SSSR count). The van der Waals surface area contributed by atoms with E-state index in [1.165, 1.54) is 0 Å². The number of hydrogen-bond donors (Lipinski definition) is 0. The van der Waals surface area contributed by atoms with Gasteiger partial charge in [-0.05, 0) is 32.7 Å². The van der Waals surface area contributed by atoms with Crippen LogP contribution in [0.3, 0.4) is 0 Å². The monoisotopic (exact) mass is 494 g/mol. The molecule has 0 saturated carbocycles. The minimum Gasteiger partial charge on any atom is -0.460 e. The van der Waals surface area contributed by atoms with E-state index in [-0.39, 0.29) is 26.4 Å². The van der Waals surface area contributed by atoms with Gasteiger partial charge in [0, 0.05) is 23.3 Å². The van der Waals surface area contributed by atoms with Gasteiger partial charge in [0.25, 0.3) is 0 Å². The van der Waals surface area contributed by atoms with Gasteiger partial charge < -0.3 is 18.9 Å². The van der Waals surface area contributed by atoms with Crippen molar-refractivity contribution in [2.24, 2.45) is 0 Å². The maximum atomic E-state index is 11.6. The van der Waals surface area contributed by atoms with Crippen LogP contribution in [0.5, 0.6) is 0 Å². The van der Waals surface area contributed by atoms with E-state index in [0.717, 1.165) is 56.0 Å². The zero-order valence-corrected chi connectivity index (χ0v) is 20.3. The topological polar surface area (TPSA) is 71.1 Å². The van der Waals surface area contributed by atoms with Crippen molar-refractivity contribution in [3.63, 3.8) is 0 Å². The van der Waals surface area contributed by atoms with Crippen molar-refractivity contribution in [1.29, 1.82) is 0 Å². The van der Waals surface area contributed by atoms with Gasteiger partial charge in [-0.25, -0.2) is 9.59 Å². The molecule has 0 saturated heterocycles. The molecule has 6 heteroatoms. The fourth-order valence-corrected chi connectivity index (χ4v) is 4.90. The molecule has 1 aliphatic carbocycles. The fraction of sp³-hybridized carbons (Fsp3) is 0.161. The summed E-state index contributed by atoms with van der Waals surface area (Å²) in [7, 11) is 0. The highest BCUT2D eigenvalue weighted by Gasteiger charge is 2.47. The van der Waals surface area contributed by atoms with Crippen LogP contribution in [-0.4, -0.2) is 38.4 Å². The summed E-state index contributed by atoms with van der Waals surface area (Å²) in [6.07, 6.45) is 2.22. The smallest absolute Gasteiger partial charge is 0.330 e. The van der Waals surface area contributed by atoms with Crippen molar-refractivity contribution in [1.82, 2.24) is 0 Å². The Morgan fingerprint density at radius 1 is 0.622 bits per heavy atom. The van der Waals surface area contributed by atoms with Gasteiger partial charge in [0.05, 0.1) is 13.2 Å². The molecular formula is C31H26O6. The number of benzene rings is 4. The Kier molecular flexibility index (Phi) is 6.86. The van der Waals surface area contributed by atoms with E-state index < -0.39 is 17.7 Å². The molecule has 0 bridgehead atoms. The molecule has 186 valence electrons. The second-order valence-electron chi connectivity index (χ2n) is 8.48. The number of rotatable bonds is 10. The highest BCUT2D eigenvalue weighted by atomic mass is 16.7. The van der Waals surface area contributed by atoms with E-state index in [1.54, 1.807) is 0 Å². The first-order valence-electron chi connectivity index (χ1n) is 12.0. The molecule has 1 aliphatic rings. The highest BCUT2D eigenvalue weighted by molar-refractivity contribution is 6.10. The third kappa shape index (κ3) is 4.42. The molecule has 0 amide bonds. The Morgan fingerprint density at radius 3 is 1.49 bits per heavy atom. The minimum atomic E-state index is -1.31. The molecule has 4 aromatic rings. The Bertz CT molecular complexity index is 1400. The van der Waals surface area contributed by atoms with Crippen LogP contribution in [0.25, 0.3) is 32.7 Å². The molecule has 0 atom stereocenters. The minimum absolute atomic E-state index is 0.0211. The van der Waals surface area contributed by atoms with E-state index in [0.29, 0.717) is 0 Å². The lowest BCUT2D eigenvalue weighted by molar-refractivity contribution is -0.224. The third-order valence-electron chi connectivity index (χ3n) is 6.42. The predicted octanol–water partition coefficient (Wildman–Crippen LogP) is 5.67. The van der Waals surface area contributed by atoms with Crippen LogP contribution in [0.1, 0.15) is 11.1 Å². The number of hydrogen-bond acceptors (Lipinski definition) is 6. The zero-order chi connectivity index (χ0) is 25.8. The van der Waals surface area contributed by atoms with Crippen molar-refractivity contribution >= 4 is 33.5 Å². The number of ether oxygens (including phenoxy) is 4. The van der Waals surface area contributed by atoms with E-state index in [2.05, 4.69) is 37.4 Å². The Morgan fingerprint density at radius 2 is 1.05 bits per heavy atom.